The van der Waals surface area contributed by atoms with Gasteiger partial charge in [0.05, 0.1) is 4.88 Å². The number of ether oxygens (including phenoxy) is 2. The van der Waals surface area contributed by atoms with Crippen LogP contribution in [0.15, 0.2) is 52.6 Å². The highest BCUT2D eigenvalue weighted by Gasteiger charge is 2.19. The number of H-pyrrole nitrogens is 1. The fraction of sp³-hybridized carbons (Fsp3) is 0.100. The number of nitrogens with zero attached hydrogens (tertiary/aromatic N) is 3. The smallest absolute Gasteiger partial charge is 0.256 e. The van der Waals surface area contributed by atoms with Crippen molar-refractivity contribution in [3.05, 3.63) is 69.5 Å². The number of aromatic nitrogens is 4. The summed E-state index contributed by atoms with van der Waals surface area (Å²) >= 11 is 1.52. The Morgan fingerprint density at radius 2 is 2.07 bits per heavy atom. The van der Waals surface area contributed by atoms with E-state index in [9.17, 15) is 9.59 Å². The van der Waals surface area contributed by atoms with Crippen molar-refractivity contribution in [1.82, 2.24) is 19.7 Å². The van der Waals surface area contributed by atoms with Crippen LogP contribution in [0.1, 0.15) is 16.1 Å². The van der Waals surface area contributed by atoms with Crippen molar-refractivity contribution in [2.45, 2.75) is 6.92 Å². The van der Waals surface area contributed by atoms with Gasteiger partial charge in [-0.25, -0.2) is 4.98 Å². The van der Waals surface area contributed by atoms with E-state index in [4.69, 9.17) is 9.47 Å². The minimum atomic E-state index is -0.359. The zero-order chi connectivity index (χ0) is 20.7. The average molecular weight is 421 g/mol. The molecule has 5 rings (SSSR count). The topological polar surface area (TPSA) is 111 Å². The summed E-state index contributed by atoms with van der Waals surface area (Å²) in [6.45, 7) is 1.84. The lowest BCUT2D eigenvalue weighted by atomic mass is 10.2. The van der Waals surface area contributed by atoms with Crippen LogP contribution in [0.4, 0.5) is 5.82 Å². The number of benzene rings is 1. The molecule has 2 N–H and O–H groups in total. The highest BCUT2D eigenvalue weighted by Crippen LogP contribution is 2.33. The summed E-state index contributed by atoms with van der Waals surface area (Å²) in [7, 11) is 0. The molecule has 0 fully saturated rings. The van der Waals surface area contributed by atoms with E-state index in [1.807, 2.05) is 17.5 Å². The fourth-order valence-corrected chi connectivity index (χ4v) is 3.75. The van der Waals surface area contributed by atoms with Gasteiger partial charge in [-0.05, 0) is 36.6 Å². The molecule has 1 aliphatic heterocycles. The lowest BCUT2D eigenvalue weighted by molar-refractivity contribution is 0.102. The van der Waals surface area contributed by atoms with Gasteiger partial charge in [0.1, 0.15) is 11.5 Å². The van der Waals surface area contributed by atoms with E-state index in [-0.39, 0.29) is 24.2 Å². The average Bonchev–Trinajstić information content (AvgIpc) is 3.46. The number of thiophene rings is 1. The lowest BCUT2D eigenvalue weighted by Crippen LogP contribution is -2.18. The molecule has 10 heteroatoms. The minimum Gasteiger partial charge on any atom is -0.454 e. The maximum atomic E-state index is 12.9. The minimum absolute atomic E-state index is 0.129. The maximum Gasteiger partial charge on any atom is 0.256 e. The molecule has 150 valence electrons. The van der Waals surface area contributed by atoms with E-state index in [0.717, 1.165) is 4.88 Å². The molecule has 0 saturated heterocycles. The molecule has 0 spiro atoms. The maximum absolute atomic E-state index is 12.9. The molecule has 1 aromatic carbocycles. The highest BCUT2D eigenvalue weighted by atomic mass is 32.1. The van der Waals surface area contributed by atoms with Gasteiger partial charge in [-0.2, -0.15) is 9.78 Å². The summed E-state index contributed by atoms with van der Waals surface area (Å²) in [6.07, 6.45) is 0. The third kappa shape index (κ3) is 3.33. The van der Waals surface area contributed by atoms with Crippen molar-refractivity contribution in [2.24, 2.45) is 0 Å². The number of hydrogen-bond acceptors (Lipinski definition) is 7. The van der Waals surface area contributed by atoms with Gasteiger partial charge in [0.2, 0.25) is 12.7 Å². The van der Waals surface area contributed by atoms with E-state index >= 15 is 0 Å². The molecular formula is C20H15N5O4S. The molecule has 0 unspecified atom stereocenters. The Kier molecular flexibility index (Phi) is 4.32. The van der Waals surface area contributed by atoms with Gasteiger partial charge in [0.15, 0.2) is 11.5 Å². The number of rotatable bonds is 4. The number of amides is 1. The summed E-state index contributed by atoms with van der Waals surface area (Å²) in [4.78, 5) is 32.8. The van der Waals surface area contributed by atoms with Gasteiger partial charge >= 0.3 is 0 Å². The molecule has 30 heavy (non-hydrogen) atoms. The summed E-state index contributed by atoms with van der Waals surface area (Å²) in [6, 6.07) is 11.9. The fourth-order valence-electron chi connectivity index (χ4n) is 3.07. The number of aromatic amines is 1. The lowest BCUT2D eigenvalue weighted by Gasteiger charge is -2.08. The van der Waals surface area contributed by atoms with E-state index in [0.29, 0.717) is 34.3 Å². The summed E-state index contributed by atoms with van der Waals surface area (Å²) in [5.41, 5.74) is 1.28. The zero-order valence-corrected chi connectivity index (χ0v) is 16.5. The van der Waals surface area contributed by atoms with E-state index in [2.05, 4.69) is 20.4 Å². The van der Waals surface area contributed by atoms with E-state index in [1.54, 1.807) is 31.2 Å². The summed E-state index contributed by atoms with van der Waals surface area (Å²) in [5, 5.41) is 9.33. The second kappa shape index (κ2) is 7.16. The number of carbonyl (C=O) groups excluding carboxylic acids is 1. The van der Waals surface area contributed by atoms with Crippen molar-refractivity contribution in [3.8, 4) is 28.0 Å². The standard InChI is InChI=1S/C20H15N5O4S/c1-11-7-18(26)23-20(21-11)25-17(9-13(24-25)16-3-2-6-30-16)22-19(27)12-4-5-14-15(8-12)29-10-28-14/h2-9H,10H2,1H3,(H,22,27)(H,21,23,26). The quantitative estimate of drug-likeness (QED) is 0.524. The van der Waals surface area contributed by atoms with E-state index in [1.165, 1.54) is 22.1 Å². The molecule has 1 aliphatic rings. The van der Waals surface area contributed by atoms with Crippen molar-refractivity contribution < 1.29 is 14.3 Å². The van der Waals surface area contributed by atoms with Crippen LogP contribution < -0.4 is 20.3 Å². The first-order valence-corrected chi connectivity index (χ1v) is 9.88. The van der Waals surface area contributed by atoms with Gasteiger partial charge < -0.3 is 14.8 Å². The Hall–Kier alpha value is -3.92. The molecular weight excluding hydrogens is 406 g/mol. The Bertz CT molecular complexity index is 1310. The van der Waals surface area contributed by atoms with Crippen LogP contribution in [0.3, 0.4) is 0 Å². The third-order valence-electron chi connectivity index (χ3n) is 4.42. The molecule has 0 radical (unpaired) electrons. The molecule has 4 aromatic rings. The molecule has 0 atom stereocenters. The van der Waals surface area contributed by atoms with Crippen LogP contribution in [0, 0.1) is 6.92 Å². The van der Waals surface area contributed by atoms with Crippen LogP contribution in [0.25, 0.3) is 16.5 Å². The van der Waals surface area contributed by atoms with Crippen molar-refractivity contribution >= 4 is 23.1 Å². The van der Waals surface area contributed by atoms with Gasteiger partial charge in [-0.3, -0.25) is 14.6 Å². The van der Waals surface area contributed by atoms with Gasteiger partial charge in [-0.15, -0.1) is 11.3 Å². The van der Waals surface area contributed by atoms with Gasteiger partial charge in [0.25, 0.3) is 11.5 Å². The molecule has 3 aromatic heterocycles. The normalized spacial score (nSPS) is 12.2. The predicted octanol–water partition coefficient (Wildman–Crippen LogP) is 2.97. The number of aryl methyl sites for hydroxylation is 1. The number of carbonyl (C=O) groups is 1. The first-order valence-electron chi connectivity index (χ1n) is 9.00. The third-order valence-corrected chi connectivity index (χ3v) is 5.31. The Morgan fingerprint density at radius 3 is 2.87 bits per heavy atom. The number of hydrogen-bond donors (Lipinski definition) is 2. The van der Waals surface area contributed by atoms with Crippen molar-refractivity contribution in [3.63, 3.8) is 0 Å². The number of fused-ring (bicyclic) bond motifs is 1. The van der Waals surface area contributed by atoms with Gasteiger partial charge in [0, 0.05) is 23.4 Å². The van der Waals surface area contributed by atoms with Crippen molar-refractivity contribution in [2.75, 3.05) is 12.1 Å². The van der Waals surface area contributed by atoms with Crippen LogP contribution >= 0.6 is 11.3 Å². The monoisotopic (exact) mass is 421 g/mol. The first kappa shape index (κ1) is 18.1. The largest absolute Gasteiger partial charge is 0.454 e. The second-order valence-electron chi connectivity index (χ2n) is 6.54. The van der Waals surface area contributed by atoms with Crippen LogP contribution in [0.5, 0.6) is 11.5 Å². The molecule has 1 amide bonds. The SMILES string of the molecule is Cc1cc(=O)[nH]c(-n2nc(-c3cccs3)cc2NC(=O)c2ccc3c(c2)OCO3)n1. The predicted molar refractivity (Wildman–Crippen MR) is 111 cm³/mol. The molecule has 0 aliphatic carbocycles. The first-order chi connectivity index (χ1) is 14.6. The van der Waals surface area contributed by atoms with Gasteiger partial charge in [-0.1, -0.05) is 6.07 Å². The zero-order valence-electron chi connectivity index (χ0n) is 15.7. The second-order valence-corrected chi connectivity index (χ2v) is 7.48. The highest BCUT2D eigenvalue weighted by molar-refractivity contribution is 7.13. The van der Waals surface area contributed by atoms with E-state index < -0.39 is 0 Å². The Morgan fingerprint density at radius 1 is 1.20 bits per heavy atom. The van der Waals surface area contributed by atoms with Crippen LogP contribution in [-0.4, -0.2) is 32.4 Å². The number of anilines is 1. The number of nitrogens with one attached hydrogen (secondary N) is 2. The summed E-state index contributed by atoms with van der Waals surface area (Å²) in [5.74, 6) is 1.33. The van der Waals surface area contributed by atoms with Crippen LogP contribution in [-0.2, 0) is 0 Å². The molecule has 0 bridgehead atoms. The molecule has 0 saturated carbocycles. The molecule has 4 heterocycles. The Labute approximate surface area is 173 Å². The summed E-state index contributed by atoms with van der Waals surface area (Å²) < 4.78 is 12.0. The van der Waals surface area contributed by atoms with Crippen molar-refractivity contribution in [1.29, 1.82) is 0 Å². The Balaban J connectivity index is 1.54. The molecule has 9 nitrogen and oxygen atoms in total. The van der Waals surface area contributed by atoms with Crippen LogP contribution in [0.2, 0.25) is 0 Å².